The van der Waals surface area contributed by atoms with Crippen molar-refractivity contribution in [1.82, 2.24) is 4.98 Å². The molecule has 1 amide bonds. The summed E-state index contributed by atoms with van der Waals surface area (Å²) < 4.78 is 0. The highest BCUT2D eigenvalue weighted by Gasteiger charge is 2.24. The number of nitrogens with zero attached hydrogens (tertiary/aromatic N) is 1. The van der Waals surface area contributed by atoms with Gasteiger partial charge in [-0.15, -0.1) is 0 Å². The first kappa shape index (κ1) is 8.23. The van der Waals surface area contributed by atoms with Gasteiger partial charge in [0.1, 0.15) is 0 Å². The molecule has 0 atom stereocenters. The smallest absolute Gasteiger partial charge is 0.224 e. The summed E-state index contributed by atoms with van der Waals surface area (Å²) in [5.74, 6) is 0.743. The Kier molecular flexibility index (Phi) is 2.25. The number of anilines is 1. The first-order chi connectivity index (χ1) is 6.34. The summed E-state index contributed by atoms with van der Waals surface area (Å²) in [7, 11) is 0. The van der Waals surface area contributed by atoms with Crippen molar-refractivity contribution in [1.29, 1.82) is 0 Å². The first-order valence-electron chi connectivity index (χ1n) is 4.54. The van der Waals surface area contributed by atoms with E-state index in [0.29, 0.717) is 12.3 Å². The number of amides is 1. The first-order valence-corrected chi connectivity index (χ1v) is 4.54. The fourth-order valence-corrected chi connectivity index (χ4v) is 1.23. The Bertz CT molecular complexity index is 293. The fraction of sp³-hybridized carbons (Fsp3) is 0.400. The minimum Gasteiger partial charge on any atom is -0.325 e. The monoisotopic (exact) mass is 176 g/mol. The second-order valence-electron chi connectivity index (χ2n) is 3.44. The van der Waals surface area contributed by atoms with Crippen molar-refractivity contribution >= 4 is 11.6 Å². The third-order valence-electron chi connectivity index (χ3n) is 2.12. The van der Waals surface area contributed by atoms with Crippen LogP contribution in [0.3, 0.4) is 0 Å². The molecule has 2 rings (SSSR count). The summed E-state index contributed by atoms with van der Waals surface area (Å²) in [4.78, 5) is 15.2. The summed E-state index contributed by atoms with van der Waals surface area (Å²) >= 11 is 0. The number of carbonyl (C=O) groups excluding carboxylic acids is 1. The van der Waals surface area contributed by atoms with Gasteiger partial charge in [-0.2, -0.15) is 0 Å². The Morgan fingerprint density at radius 2 is 2.46 bits per heavy atom. The maximum atomic E-state index is 11.3. The Morgan fingerprint density at radius 3 is 3.08 bits per heavy atom. The lowest BCUT2D eigenvalue weighted by Gasteiger charge is -2.02. The standard InChI is InChI=1S/C10H12N2O/c13-10(6-8-3-4-8)12-9-2-1-5-11-7-9/h1-2,5,7-8H,3-4,6H2,(H,12,13). The van der Waals surface area contributed by atoms with Gasteiger partial charge in [0.2, 0.25) is 5.91 Å². The van der Waals surface area contributed by atoms with E-state index in [1.165, 1.54) is 12.8 Å². The van der Waals surface area contributed by atoms with Crippen LogP contribution in [-0.4, -0.2) is 10.9 Å². The Hall–Kier alpha value is -1.38. The van der Waals surface area contributed by atoms with Crippen molar-refractivity contribution in [2.45, 2.75) is 19.3 Å². The van der Waals surface area contributed by atoms with Crippen molar-refractivity contribution < 1.29 is 4.79 Å². The van der Waals surface area contributed by atoms with Gasteiger partial charge in [-0.1, -0.05) is 0 Å². The van der Waals surface area contributed by atoms with Crippen LogP contribution in [0.1, 0.15) is 19.3 Å². The van der Waals surface area contributed by atoms with Gasteiger partial charge in [-0.05, 0) is 30.9 Å². The Balaban J connectivity index is 1.86. The Labute approximate surface area is 77.2 Å². The summed E-state index contributed by atoms with van der Waals surface area (Å²) in [5.41, 5.74) is 0.785. The van der Waals surface area contributed by atoms with Crippen LogP contribution in [-0.2, 0) is 4.79 Å². The van der Waals surface area contributed by atoms with Crippen molar-refractivity contribution in [3.05, 3.63) is 24.5 Å². The van der Waals surface area contributed by atoms with Gasteiger partial charge >= 0.3 is 0 Å². The lowest BCUT2D eigenvalue weighted by atomic mass is 10.3. The molecule has 1 aromatic heterocycles. The highest BCUT2D eigenvalue weighted by molar-refractivity contribution is 5.90. The molecule has 0 bridgehead atoms. The molecule has 1 saturated carbocycles. The lowest BCUT2D eigenvalue weighted by Crippen LogP contribution is -2.11. The molecule has 1 aliphatic rings. The van der Waals surface area contributed by atoms with E-state index in [4.69, 9.17) is 0 Å². The molecule has 0 aliphatic heterocycles. The molecule has 0 aromatic carbocycles. The maximum absolute atomic E-state index is 11.3. The summed E-state index contributed by atoms with van der Waals surface area (Å²) in [5, 5.41) is 2.81. The quantitative estimate of drug-likeness (QED) is 0.763. The number of aromatic nitrogens is 1. The molecule has 0 unspecified atom stereocenters. The molecule has 1 aromatic rings. The van der Waals surface area contributed by atoms with Crippen molar-refractivity contribution in [3.63, 3.8) is 0 Å². The van der Waals surface area contributed by atoms with E-state index in [0.717, 1.165) is 5.69 Å². The van der Waals surface area contributed by atoms with Crippen molar-refractivity contribution in [2.24, 2.45) is 5.92 Å². The van der Waals surface area contributed by atoms with Gasteiger partial charge in [0.05, 0.1) is 11.9 Å². The predicted octanol–water partition coefficient (Wildman–Crippen LogP) is 1.82. The van der Waals surface area contributed by atoms with Crippen LogP contribution >= 0.6 is 0 Å². The minimum absolute atomic E-state index is 0.107. The highest BCUT2D eigenvalue weighted by atomic mass is 16.1. The molecule has 13 heavy (non-hydrogen) atoms. The van der Waals surface area contributed by atoms with Gasteiger partial charge in [0.25, 0.3) is 0 Å². The third kappa shape index (κ3) is 2.54. The van der Waals surface area contributed by atoms with Crippen LogP contribution in [0.5, 0.6) is 0 Å². The number of carbonyl (C=O) groups is 1. The van der Waals surface area contributed by atoms with Gasteiger partial charge in [0.15, 0.2) is 0 Å². The number of hydrogen-bond donors (Lipinski definition) is 1. The number of rotatable bonds is 3. The van der Waals surface area contributed by atoms with Gasteiger partial charge in [-0.25, -0.2) is 0 Å². The topological polar surface area (TPSA) is 42.0 Å². The molecule has 1 N–H and O–H groups in total. The highest BCUT2D eigenvalue weighted by Crippen LogP contribution is 2.32. The average Bonchev–Trinajstić information content (AvgIpc) is 2.90. The van der Waals surface area contributed by atoms with E-state index in [9.17, 15) is 4.79 Å². The second kappa shape index (κ2) is 3.56. The molecule has 68 valence electrons. The van der Waals surface area contributed by atoms with Crippen LogP contribution in [0.15, 0.2) is 24.5 Å². The average molecular weight is 176 g/mol. The largest absolute Gasteiger partial charge is 0.325 e. The van der Waals surface area contributed by atoms with E-state index < -0.39 is 0 Å². The number of hydrogen-bond acceptors (Lipinski definition) is 2. The molecule has 1 heterocycles. The maximum Gasteiger partial charge on any atom is 0.224 e. The van der Waals surface area contributed by atoms with E-state index >= 15 is 0 Å². The van der Waals surface area contributed by atoms with E-state index in [1.54, 1.807) is 12.4 Å². The van der Waals surface area contributed by atoms with Crippen LogP contribution < -0.4 is 5.32 Å². The molecular formula is C10H12N2O. The minimum atomic E-state index is 0.107. The zero-order valence-corrected chi connectivity index (χ0v) is 7.36. The summed E-state index contributed by atoms with van der Waals surface area (Å²) in [6, 6.07) is 3.66. The number of pyridine rings is 1. The molecule has 1 aliphatic carbocycles. The second-order valence-corrected chi connectivity index (χ2v) is 3.44. The molecule has 3 nitrogen and oxygen atoms in total. The van der Waals surface area contributed by atoms with Crippen LogP contribution in [0.4, 0.5) is 5.69 Å². The summed E-state index contributed by atoms with van der Waals surface area (Å²) in [6.07, 6.45) is 6.43. The van der Waals surface area contributed by atoms with E-state index in [2.05, 4.69) is 10.3 Å². The molecule has 0 saturated heterocycles. The summed E-state index contributed by atoms with van der Waals surface area (Å²) in [6.45, 7) is 0. The van der Waals surface area contributed by atoms with E-state index in [1.807, 2.05) is 12.1 Å². The van der Waals surface area contributed by atoms with E-state index in [-0.39, 0.29) is 5.91 Å². The van der Waals surface area contributed by atoms with Crippen LogP contribution in [0, 0.1) is 5.92 Å². The van der Waals surface area contributed by atoms with Crippen molar-refractivity contribution in [2.75, 3.05) is 5.32 Å². The fourth-order valence-electron chi connectivity index (χ4n) is 1.23. The number of nitrogens with one attached hydrogen (secondary N) is 1. The molecule has 0 spiro atoms. The van der Waals surface area contributed by atoms with Crippen molar-refractivity contribution in [3.8, 4) is 0 Å². The molecule has 3 heteroatoms. The molecule has 1 fully saturated rings. The SMILES string of the molecule is O=C(CC1CC1)Nc1cccnc1. The molecular weight excluding hydrogens is 164 g/mol. The lowest BCUT2D eigenvalue weighted by molar-refractivity contribution is -0.116. The normalized spacial score (nSPS) is 15.4. The molecule has 0 radical (unpaired) electrons. The third-order valence-corrected chi connectivity index (χ3v) is 2.12. The zero-order chi connectivity index (χ0) is 9.10. The van der Waals surface area contributed by atoms with Gasteiger partial charge in [0, 0.05) is 12.6 Å². The zero-order valence-electron chi connectivity index (χ0n) is 7.36. The Morgan fingerprint density at radius 1 is 1.62 bits per heavy atom. The van der Waals surface area contributed by atoms with Gasteiger partial charge in [-0.3, -0.25) is 9.78 Å². The van der Waals surface area contributed by atoms with Crippen LogP contribution in [0.2, 0.25) is 0 Å². The van der Waals surface area contributed by atoms with Crippen LogP contribution in [0.25, 0.3) is 0 Å². The predicted molar refractivity (Wildman–Crippen MR) is 50.2 cm³/mol. The van der Waals surface area contributed by atoms with Gasteiger partial charge < -0.3 is 5.32 Å².